The molecular weight excluding hydrogens is 250 g/mol. The van der Waals surface area contributed by atoms with Crippen LogP contribution in [0.15, 0.2) is 24.3 Å². The summed E-state index contributed by atoms with van der Waals surface area (Å²) in [6, 6.07) is 9.34. The van der Waals surface area contributed by atoms with Gasteiger partial charge in [0.2, 0.25) is 0 Å². The number of benzene rings is 1. The van der Waals surface area contributed by atoms with Crippen LogP contribution in [-0.4, -0.2) is 26.5 Å². The Labute approximate surface area is 107 Å². The Bertz CT molecular complexity index is 571. The van der Waals surface area contributed by atoms with Crippen molar-refractivity contribution in [3.8, 4) is 11.8 Å². The lowest BCUT2D eigenvalue weighted by Gasteiger charge is -2.02. The van der Waals surface area contributed by atoms with Gasteiger partial charge in [0, 0.05) is 11.7 Å². The SMILES string of the molecule is CCS(=O)(=O)[C@@H]1[C@@H](C#N)[C@@H]1c1ccc(OC)cc1. The zero-order valence-electron chi connectivity index (χ0n) is 10.3. The minimum absolute atomic E-state index is 0.0858. The van der Waals surface area contributed by atoms with E-state index in [0.29, 0.717) is 0 Å². The van der Waals surface area contributed by atoms with Crippen LogP contribution in [0.5, 0.6) is 5.75 Å². The van der Waals surface area contributed by atoms with E-state index < -0.39 is 21.0 Å². The summed E-state index contributed by atoms with van der Waals surface area (Å²) in [5, 5.41) is 8.49. The minimum atomic E-state index is -3.15. The average molecular weight is 265 g/mol. The van der Waals surface area contributed by atoms with Crippen molar-refractivity contribution in [1.29, 1.82) is 5.26 Å². The second-order valence-corrected chi connectivity index (χ2v) is 6.82. The molecule has 1 aliphatic rings. The van der Waals surface area contributed by atoms with Crippen molar-refractivity contribution in [2.75, 3.05) is 12.9 Å². The molecule has 0 spiro atoms. The molecule has 0 aromatic heterocycles. The zero-order valence-corrected chi connectivity index (χ0v) is 11.1. The van der Waals surface area contributed by atoms with Gasteiger partial charge in [-0.05, 0) is 17.7 Å². The van der Waals surface area contributed by atoms with Gasteiger partial charge in [0.1, 0.15) is 5.75 Å². The molecule has 1 aromatic carbocycles. The molecule has 1 aliphatic carbocycles. The molecule has 1 fully saturated rings. The molecule has 1 aromatic rings. The monoisotopic (exact) mass is 265 g/mol. The fourth-order valence-corrected chi connectivity index (χ4v) is 4.04. The topological polar surface area (TPSA) is 67.2 Å². The molecule has 0 N–H and O–H groups in total. The van der Waals surface area contributed by atoms with E-state index in [0.717, 1.165) is 11.3 Å². The molecule has 2 rings (SSSR count). The summed E-state index contributed by atoms with van der Waals surface area (Å²) in [4.78, 5) is 0. The van der Waals surface area contributed by atoms with Gasteiger partial charge in [-0.2, -0.15) is 5.26 Å². The molecule has 96 valence electrons. The Morgan fingerprint density at radius 3 is 2.39 bits per heavy atom. The van der Waals surface area contributed by atoms with Gasteiger partial charge in [0.25, 0.3) is 0 Å². The van der Waals surface area contributed by atoms with Crippen LogP contribution in [-0.2, 0) is 9.84 Å². The molecule has 1 saturated carbocycles. The number of hydrogen-bond donors (Lipinski definition) is 0. The van der Waals surface area contributed by atoms with E-state index in [2.05, 4.69) is 6.07 Å². The van der Waals surface area contributed by atoms with Gasteiger partial charge < -0.3 is 4.74 Å². The fourth-order valence-electron chi connectivity index (χ4n) is 2.30. The van der Waals surface area contributed by atoms with E-state index in [4.69, 9.17) is 10.00 Å². The lowest BCUT2D eigenvalue weighted by Crippen LogP contribution is -2.12. The van der Waals surface area contributed by atoms with Gasteiger partial charge >= 0.3 is 0 Å². The highest BCUT2D eigenvalue weighted by Gasteiger charge is 2.58. The van der Waals surface area contributed by atoms with Crippen LogP contribution in [0.25, 0.3) is 0 Å². The van der Waals surface area contributed by atoms with Gasteiger partial charge in [-0.25, -0.2) is 8.42 Å². The Morgan fingerprint density at radius 2 is 1.94 bits per heavy atom. The number of rotatable bonds is 4. The maximum Gasteiger partial charge on any atom is 0.154 e. The molecule has 0 unspecified atom stereocenters. The highest BCUT2D eigenvalue weighted by atomic mass is 32.2. The van der Waals surface area contributed by atoms with Gasteiger partial charge in [-0.3, -0.25) is 0 Å². The summed E-state index contributed by atoms with van der Waals surface area (Å²) in [6.07, 6.45) is 0. The van der Waals surface area contributed by atoms with E-state index >= 15 is 0 Å². The van der Waals surface area contributed by atoms with E-state index in [-0.39, 0.29) is 11.7 Å². The van der Waals surface area contributed by atoms with E-state index in [1.165, 1.54) is 0 Å². The fraction of sp³-hybridized carbons (Fsp3) is 0.462. The second-order valence-electron chi connectivity index (χ2n) is 4.37. The second kappa shape index (κ2) is 4.62. The third-order valence-corrected chi connectivity index (χ3v) is 5.64. The van der Waals surface area contributed by atoms with Crippen molar-refractivity contribution >= 4 is 9.84 Å². The molecule has 0 aliphatic heterocycles. The Kier molecular flexibility index (Phi) is 3.31. The van der Waals surface area contributed by atoms with E-state index in [1.807, 2.05) is 12.1 Å². The molecular formula is C13H15NO3S. The smallest absolute Gasteiger partial charge is 0.154 e. The third-order valence-electron chi connectivity index (χ3n) is 3.42. The van der Waals surface area contributed by atoms with Crippen LogP contribution in [0.3, 0.4) is 0 Å². The number of nitrogens with zero attached hydrogens (tertiary/aromatic N) is 1. The average Bonchev–Trinajstić information content (AvgIpc) is 3.14. The van der Waals surface area contributed by atoms with Crippen molar-refractivity contribution in [1.82, 2.24) is 0 Å². The molecule has 18 heavy (non-hydrogen) atoms. The zero-order chi connectivity index (χ0) is 13.3. The first-order valence-corrected chi connectivity index (χ1v) is 7.51. The highest BCUT2D eigenvalue weighted by Crippen LogP contribution is 2.52. The largest absolute Gasteiger partial charge is 0.497 e. The number of nitriles is 1. The lowest BCUT2D eigenvalue weighted by molar-refractivity contribution is 0.414. The van der Waals surface area contributed by atoms with Gasteiger partial charge in [0.15, 0.2) is 9.84 Å². The number of methoxy groups -OCH3 is 1. The van der Waals surface area contributed by atoms with Crippen molar-refractivity contribution in [2.45, 2.75) is 18.1 Å². The first-order valence-electron chi connectivity index (χ1n) is 5.80. The van der Waals surface area contributed by atoms with Crippen LogP contribution in [0.1, 0.15) is 18.4 Å². The van der Waals surface area contributed by atoms with Gasteiger partial charge in [-0.1, -0.05) is 19.1 Å². The molecule has 0 amide bonds. The number of hydrogen-bond acceptors (Lipinski definition) is 4. The van der Waals surface area contributed by atoms with Gasteiger partial charge in [-0.15, -0.1) is 0 Å². The van der Waals surface area contributed by atoms with Crippen molar-refractivity contribution in [2.24, 2.45) is 5.92 Å². The molecule has 0 saturated heterocycles. The number of sulfone groups is 1. The predicted octanol–water partition coefficient (Wildman–Crippen LogP) is 1.74. The summed E-state index contributed by atoms with van der Waals surface area (Å²) >= 11 is 0. The van der Waals surface area contributed by atoms with Crippen LogP contribution < -0.4 is 4.74 Å². The van der Waals surface area contributed by atoms with Crippen molar-refractivity contribution in [3.63, 3.8) is 0 Å². The van der Waals surface area contributed by atoms with Crippen LogP contribution in [0.2, 0.25) is 0 Å². The molecule has 5 heteroatoms. The van der Waals surface area contributed by atoms with Gasteiger partial charge in [0.05, 0.1) is 24.3 Å². The summed E-state index contributed by atoms with van der Waals surface area (Å²) in [5.74, 6) is 0.208. The summed E-state index contributed by atoms with van der Waals surface area (Å²) in [7, 11) is -1.58. The van der Waals surface area contributed by atoms with Crippen molar-refractivity contribution < 1.29 is 13.2 Å². The Hall–Kier alpha value is -1.54. The van der Waals surface area contributed by atoms with E-state index in [9.17, 15) is 8.42 Å². The maximum absolute atomic E-state index is 11.9. The Balaban J connectivity index is 2.27. The first kappa shape index (κ1) is 12.9. The quantitative estimate of drug-likeness (QED) is 0.831. The molecule has 3 atom stereocenters. The normalized spacial score (nSPS) is 26.4. The van der Waals surface area contributed by atoms with E-state index in [1.54, 1.807) is 26.2 Å². The number of ether oxygens (including phenoxy) is 1. The van der Waals surface area contributed by atoms with Crippen molar-refractivity contribution in [3.05, 3.63) is 29.8 Å². The summed E-state index contributed by atoms with van der Waals surface area (Å²) in [5.41, 5.74) is 0.893. The first-order chi connectivity index (χ1) is 8.55. The third kappa shape index (κ3) is 2.08. The molecule has 0 heterocycles. The summed E-state index contributed by atoms with van der Waals surface area (Å²) < 4.78 is 28.8. The minimum Gasteiger partial charge on any atom is -0.497 e. The van der Waals surface area contributed by atoms with Crippen LogP contribution in [0, 0.1) is 17.2 Å². The molecule has 4 nitrogen and oxygen atoms in total. The lowest BCUT2D eigenvalue weighted by atomic mass is 10.1. The maximum atomic E-state index is 11.9. The standard InChI is InChI=1S/C13H15NO3S/c1-3-18(15,16)13-11(8-14)12(13)9-4-6-10(17-2)7-5-9/h4-7,11-13H,3H2,1-2H3/t11-,12-,13+/m0/s1. The summed E-state index contributed by atoms with van der Waals surface area (Å²) in [6.45, 7) is 1.62. The Morgan fingerprint density at radius 1 is 1.33 bits per heavy atom. The highest BCUT2D eigenvalue weighted by molar-refractivity contribution is 7.92. The van der Waals surface area contributed by atoms with Crippen LogP contribution in [0.4, 0.5) is 0 Å². The predicted molar refractivity (Wildman–Crippen MR) is 68.1 cm³/mol. The molecule has 0 bridgehead atoms. The van der Waals surface area contributed by atoms with Crippen LogP contribution >= 0.6 is 0 Å². The molecule has 0 radical (unpaired) electrons.